The van der Waals surface area contributed by atoms with Crippen molar-refractivity contribution >= 4 is 0 Å². The van der Waals surface area contributed by atoms with Crippen molar-refractivity contribution in [3.8, 4) is 5.75 Å². The summed E-state index contributed by atoms with van der Waals surface area (Å²) in [5.41, 5.74) is 6.63. The van der Waals surface area contributed by atoms with Gasteiger partial charge in [-0.1, -0.05) is 48.9 Å². The minimum absolute atomic E-state index is 0.104. The predicted octanol–water partition coefficient (Wildman–Crippen LogP) is 3.53. The molecule has 112 valence electrons. The van der Waals surface area contributed by atoms with Crippen LogP contribution in [0.15, 0.2) is 48.5 Å². The molecule has 3 heteroatoms. The van der Waals surface area contributed by atoms with E-state index in [1.54, 1.807) is 0 Å². The standard InChI is InChI=1S/C18H24N2O/c1-3-11-21-17-9-7-16(8-10-17)18(20-19)13-15-6-4-5-14(2)12-15/h4-10,12,18,20H,3,11,13,19H2,1-2H3. The van der Waals surface area contributed by atoms with Crippen molar-refractivity contribution in [1.82, 2.24) is 5.43 Å². The van der Waals surface area contributed by atoms with Gasteiger partial charge < -0.3 is 4.74 Å². The van der Waals surface area contributed by atoms with Crippen LogP contribution in [0.3, 0.4) is 0 Å². The third kappa shape index (κ3) is 4.59. The highest BCUT2D eigenvalue weighted by atomic mass is 16.5. The maximum atomic E-state index is 5.73. The Bertz CT molecular complexity index is 551. The number of rotatable bonds is 7. The number of ether oxygens (including phenoxy) is 1. The molecule has 0 aliphatic carbocycles. The summed E-state index contributed by atoms with van der Waals surface area (Å²) in [5, 5.41) is 0. The molecule has 0 aliphatic heterocycles. The number of hydrogen-bond donors (Lipinski definition) is 2. The Hall–Kier alpha value is -1.84. The van der Waals surface area contributed by atoms with Crippen LogP contribution in [0.25, 0.3) is 0 Å². The normalized spacial score (nSPS) is 12.1. The zero-order chi connectivity index (χ0) is 15.1. The van der Waals surface area contributed by atoms with Crippen LogP contribution in [0.2, 0.25) is 0 Å². The fourth-order valence-electron chi connectivity index (χ4n) is 2.36. The summed E-state index contributed by atoms with van der Waals surface area (Å²) in [5.74, 6) is 6.64. The lowest BCUT2D eigenvalue weighted by Gasteiger charge is -2.17. The van der Waals surface area contributed by atoms with E-state index in [1.165, 1.54) is 16.7 Å². The van der Waals surface area contributed by atoms with Crippen LogP contribution in [0, 0.1) is 6.92 Å². The molecule has 3 nitrogen and oxygen atoms in total. The van der Waals surface area contributed by atoms with E-state index in [-0.39, 0.29) is 6.04 Å². The van der Waals surface area contributed by atoms with Gasteiger partial charge in [-0.05, 0) is 43.0 Å². The van der Waals surface area contributed by atoms with Gasteiger partial charge in [0.1, 0.15) is 5.75 Å². The zero-order valence-electron chi connectivity index (χ0n) is 12.8. The molecule has 0 aliphatic rings. The Labute approximate surface area is 127 Å². The number of nitrogens with two attached hydrogens (primary N) is 1. The first kappa shape index (κ1) is 15.5. The lowest BCUT2D eigenvalue weighted by Crippen LogP contribution is -2.29. The van der Waals surface area contributed by atoms with Gasteiger partial charge in [-0.15, -0.1) is 0 Å². The molecule has 1 atom stereocenters. The lowest BCUT2D eigenvalue weighted by molar-refractivity contribution is 0.317. The number of aryl methyl sites for hydroxylation is 1. The largest absolute Gasteiger partial charge is 0.494 e. The monoisotopic (exact) mass is 284 g/mol. The van der Waals surface area contributed by atoms with E-state index in [2.05, 4.69) is 55.7 Å². The molecule has 0 heterocycles. The molecule has 1 unspecified atom stereocenters. The molecule has 0 fully saturated rings. The van der Waals surface area contributed by atoms with Crippen LogP contribution in [0.5, 0.6) is 5.75 Å². The molecule has 0 saturated carbocycles. The first-order valence-electron chi connectivity index (χ1n) is 7.47. The Morgan fingerprint density at radius 2 is 1.90 bits per heavy atom. The molecule has 0 bridgehead atoms. The van der Waals surface area contributed by atoms with Crippen molar-refractivity contribution < 1.29 is 4.74 Å². The second-order valence-electron chi connectivity index (χ2n) is 5.33. The number of hydrazine groups is 1. The van der Waals surface area contributed by atoms with Gasteiger partial charge in [-0.25, -0.2) is 0 Å². The molecule has 0 aromatic heterocycles. The molecule has 0 spiro atoms. The maximum Gasteiger partial charge on any atom is 0.119 e. The highest BCUT2D eigenvalue weighted by molar-refractivity contribution is 5.31. The van der Waals surface area contributed by atoms with Crippen LogP contribution in [-0.2, 0) is 6.42 Å². The average molecular weight is 284 g/mol. The van der Waals surface area contributed by atoms with Crippen molar-refractivity contribution in [2.75, 3.05) is 6.61 Å². The van der Waals surface area contributed by atoms with Gasteiger partial charge in [0.25, 0.3) is 0 Å². The van der Waals surface area contributed by atoms with E-state index in [9.17, 15) is 0 Å². The highest BCUT2D eigenvalue weighted by Gasteiger charge is 2.10. The van der Waals surface area contributed by atoms with Gasteiger partial charge >= 0.3 is 0 Å². The van der Waals surface area contributed by atoms with E-state index in [1.807, 2.05) is 12.1 Å². The van der Waals surface area contributed by atoms with E-state index >= 15 is 0 Å². The molecular formula is C18H24N2O. The average Bonchev–Trinajstić information content (AvgIpc) is 2.51. The number of benzene rings is 2. The first-order chi connectivity index (χ1) is 10.2. The molecule has 0 saturated heterocycles. The third-order valence-electron chi connectivity index (χ3n) is 3.48. The molecule has 2 aromatic carbocycles. The van der Waals surface area contributed by atoms with Crippen LogP contribution in [0.1, 0.15) is 36.1 Å². The fourth-order valence-corrected chi connectivity index (χ4v) is 2.36. The summed E-state index contributed by atoms with van der Waals surface area (Å²) in [6, 6.07) is 16.8. The van der Waals surface area contributed by atoms with Gasteiger partial charge in [0, 0.05) is 6.04 Å². The molecule has 2 aromatic rings. The van der Waals surface area contributed by atoms with Crippen LogP contribution < -0.4 is 16.0 Å². The summed E-state index contributed by atoms with van der Waals surface area (Å²) >= 11 is 0. The first-order valence-corrected chi connectivity index (χ1v) is 7.47. The predicted molar refractivity (Wildman–Crippen MR) is 87.2 cm³/mol. The second-order valence-corrected chi connectivity index (χ2v) is 5.33. The van der Waals surface area contributed by atoms with E-state index in [0.29, 0.717) is 0 Å². The lowest BCUT2D eigenvalue weighted by atomic mass is 9.98. The smallest absolute Gasteiger partial charge is 0.119 e. The number of nitrogens with one attached hydrogen (secondary N) is 1. The van der Waals surface area contributed by atoms with Crippen molar-refractivity contribution in [2.45, 2.75) is 32.7 Å². The number of hydrogen-bond acceptors (Lipinski definition) is 3. The van der Waals surface area contributed by atoms with Crippen molar-refractivity contribution in [3.63, 3.8) is 0 Å². The molecule has 0 amide bonds. The Kier molecular flexibility index (Phi) is 5.78. The maximum absolute atomic E-state index is 5.73. The van der Waals surface area contributed by atoms with Crippen LogP contribution in [0.4, 0.5) is 0 Å². The second kappa shape index (κ2) is 7.81. The van der Waals surface area contributed by atoms with Crippen molar-refractivity contribution in [1.29, 1.82) is 0 Å². The van der Waals surface area contributed by atoms with Gasteiger partial charge in [0.2, 0.25) is 0 Å². The van der Waals surface area contributed by atoms with Crippen molar-refractivity contribution in [2.24, 2.45) is 5.84 Å². The third-order valence-corrected chi connectivity index (χ3v) is 3.48. The van der Waals surface area contributed by atoms with Crippen LogP contribution >= 0.6 is 0 Å². The van der Waals surface area contributed by atoms with Gasteiger partial charge in [0.15, 0.2) is 0 Å². The Morgan fingerprint density at radius 3 is 2.52 bits per heavy atom. The summed E-state index contributed by atoms with van der Waals surface area (Å²) < 4.78 is 5.61. The van der Waals surface area contributed by atoms with Gasteiger partial charge in [-0.2, -0.15) is 0 Å². The van der Waals surface area contributed by atoms with Crippen LogP contribution in [-0.4, -0.2) is 6.61 Å². The van der Waals surface area contributed by atoms with Gasteiger partial charge in [-0.3, -0.25) is 11.3 Å². The Morgan fingerprint density at radius 1 is 1.14 bits per heavy atom. The van der Waals surface area contributed by atoms with Gasteiger partial charge in [0.05, 0.1) is 6.61 Å². The molecule has 3 N–H and O–H groups in total. The van der Waals surface area contributed by atoms with E-state index in [0.717, 1.165) is 25.2 Å². The quantitative estimate of drug-likeness (QED) is 0.604. The topological polar surface area (TPSA) is 47.3 Å². The fraction of sp³-hybridized carbons (Fsp3) is 0.333. The summed E-state index contributed by atoms with van der Waals surface area (Å²) in [7, 11) is 0. The Balaban J connectivity index is 2.06. The highest BCUT2D eigenvalue weighted by Crippen LogP contribution is 2.21. The summed E-state index contributed by atoms with van der Waals surface area (Å²) in [4.78, 5) is 0. The summed E-state index contributed by atoms with van der Waals surface area (Å²) in [6.45, 7) is 4.96. The molecule has 21 heavy (non-hydrogen) atoms. The molecule has 0 radical (unpaired) electrons. The minimum atomic E-state index is 0.104. The van der Waals surface area contributed by atoms with E-state index in [4.69, 9.17) is 10.6 Å². The minimum Gasteiger partial charge on any atom is -0.494 e. The summed E-state index contributed by atoms with van der Waals surface area (Å²) in [6.07, 6.45) is 1.88. The SMILES string of the molecule is CCCOc1ccc(C(Cc2cccc(C)c2)NN)cc1. The molecule has 2 rings (SSSR count). The van der Waals surface area contributed by atoms with E-state index < -0.39 is 0 Å². The molecular weight excluding hydrogens is 260 g/mol. The van der Waals surface area contributed by atoms with Crippen molar-refractivity contribution in [3.05, 3.63) is 65.2 Å². The zero-order valence-corrected chi connectivity index (χ0v) is 12.8.